The summed E-state index contributed by atoms with van der Waals surface area (Å²) in [5, 5.41) is 4.97. The Morgan fingerprint density at radius 3 is 2.59 bits per heavy atom. The van der Waals surface area contributed by atoms with Crippen molar-refractivity contribution in [1.82, 2.24) is 19.9 Å². The standard InChI is InChI=1S/C24H18N4O/c29-24(26-15-17-7-2-1-3-8-17)22-19-10-5-4-9-18(19)12-13-21(22)28-16-27-20-11-6-14-25-23(20)28/h1-14,16H,15H2,(H,26,29). The molecule has 0 atom stereocenters. The Labute approximate surface area is 167 Å². The van der Waals surface area contributed by atoms with Gasteiger partial charge in [0.1, 0.15) is 11.8 Å². The fourth-order valence-electron chi connectivity index (χ4n) is 3.59. The van der Waals surface area contributed by atoms with E-state index in [1.165, 1.54) is 0 Å². The Kier molecular flexibility index (Phi) is 4.26. The molecule has 5 nitrogen and oxygen atoms in total. The summed E-state index contributed by atoms with van der Waals surface area (Å²) < 4.78 is 1.87. The summed E-state index contributed by atoms with van der Waals surface area (Å²) in [4.78, 5) is 22.2. The highest BCUT2D eigenvalue weighted by Crippen LogP contribution is 2.27. The average molecular weight is 378 g/mol. The van der Waals surface area contributed by atoms with Crippen molar-refractivity contribution >= 4 is 27.8 Å². The minimum absolute atomic E-state index is 0.126. The molecule has 0 saturated heterocycles. The highest BCUT2D eigenvalue weighted by atomic mass is 16.1. The van der Waals surface area contributed by atoms with Gasteiger partial charge in [-0.25, -0.2) is 9.97 Å². The average Bonchev–Trinajstić information content (AvgIpc) is 3.21. The van der Waals surface area contributed by atoms with Crippen molar-refractivity contribution in [1.29, 1.82) is 0 Å². The quantitative estimate of drug-likeness (QED) is 0.501. The molecule has 0 saturated carbocycles. The summed E-state index contributed by atoms with van der Waals surface area (Å²) in [5.74, 6) is -0.126. The maximum atomic E-state index is 13.3. The minimum Gasteiger partial charge on any atom is -0.348 e. The van der Waals surface area contributed by atoms with Gasteiger partial charge in [0.2, 0.25) is 0 Å². The molecule has 2 heterocycles. The molecule has 0 aliphatic carbocycles. The van der Waals surface area contributed by atoms with Crippen LogP contribution in [0.5, 0.6) is 0 Å². The molecule has 0 radical (unpaired) electrons. The number of amides is 1. The molecule has 29 heavy (non-hydrogen) atoms. The van der Waals surface area contributed by atoms with Crippen LogP contribution in [0.3, 0.4) is 0 Å². The maximum absolute atomic E-state index is 13.3. The van der Waals surface area contributed by atoms with E-state index >= 15 is 0 Å². The molecule has 2 aromatic heterocycles. The van der Waals surface area contributed by atoms with E-state index in [1.807, 2.05) is 83.4 Å². The van der Waals surface area contributed by atoms with Gasteiger partial charge in [0.25, 0.3) is 5.91 Å². The number of carbonyl (C=O) groups excluding carboxylic acids is 1. The van der Waals surface area contributed by atoms with E-state index in [2.05, 4.69) is 15.3 Å². The molecule has 0 unspecified atom stereocenters. The molecule has 140 valence electrons. The normalized spacial score (nSPS) is 11.0. The predicted octanol–water partition coefficient (Wildman–Crippen LogP) is 4.50. The second-order valence-electron chi connectivity index (χ2n) is 6.81. The number of hydrogen-bond acceptors (Lipinski definition) is 3. The molecule has 5 aromatic rings. The van der Waals surface area contributed by atoms with Crippen LogP contribution < -0.4 is 5.32 Å². The van der Waals surface area contributed by atoms with Gasteiger partial charge in [-0.1, -0.05) is 60.7 Å². The summed E-state index contributed by atoms with van der Waals surface area (Å²) in [5.41, 5.74) is 3.94. The van der Waals surface area contributed by atoms with Crippen molar-refractivity contribution in [2.24, 2.45) is 0 Å². The number of benzene rings is 3. The van der Waals surface area contributed by atoms with Crippen LogP contribution in [0.1, 0.15) is 15.9 Å². The van der Waals surface area contributed by atoms with E-state index in [-0.39, 0.29) is 5.91 Å². The topological polar surface area (TPSA) is 59.8 Å². The number of imidazole rings is 1. The zero-order chi connectivity index (χ0) is 19.6. The highest BCUT2D eigenvalue weighted by Gasteiger charge is 2.18. The van der Waals surface area contributed by atoms with Crippen LogP contribution in [0.25, 0.3) is 27.6 Å². The smallest absolute Gasteiger partial charge is 0.254 e. The van der Waals surface area contributed by atoms with Crippen molar-refractivity contribution < 1.29 is 4.79 Å². The van der Waals surface area contributed by atoms with Crippen LogP contribution in [0, 0.1) is 0 Å². The van der Waals surface area contributed by atoms with Gasteiger partial charge in [-0.2, -0.15) is 0 Å². The molecule has 0 aliphatic heterocycles. The number of nitrogens with zero attached hydrogens (tertiary/aromatic N) is 3. The Bertz CT molecular complexity index is 1320. The lowest BCUT2D eigenvalue weighted by molar-refractivity contribution is 0.0952. The van der Waals surface area contributed by atoms with Gasteiger partial charge in [-0.15, -0.1) is 0 Å². The van der Waals surface area contributed by atoms with Crippen LogP contribution in [0.2, 0.25) is 0 Å². The molecule has 1 N–H and O–H groups in total. The second-order valence-corrected chi connectivity index (χ2v) is 6.81. The first-order valence-corrected chi connectivity index (χ1v) is 9.43. The summed E-state index contributed by atoms with van der Waals surface area (Å²) in [6.45, 7) is 0.464. The number of nitrogens with one attached hydrogen (secondary N) is 1. The van der Waals surface area contributed by atoms with Crippen LogP contribution in [-0.4, -0.2) is 20.4 Å². The molecule has 0 fully saturated rings. The monoisotopic (exact) mass is 378 g/mol. The number of pyridine rings is 1. The minimum atomic E-state index is -0.126. The first-order valence-electron chi connectivity index (χ1n) is 9.43. The number of hydrogen-bond donors (Lipinski definition) is 1. The van der Waals surface area contributed by atoms with Crippen LogP contribution >= 0.6 is 0 Å². The van der Waals surface area contributed by atoms with Crippen LogP contribution in [0.15, 0.2) is 91.4 Å². The summed E-state index contributed by atoms with van der Waals surface area (Å²) in [7, 11) is 0. The SMILES string of the molecule is O=C(NCc1ccccc1)c1c(-n2cnc3cccnc32)ccc2ccccc12. The summed E-state index contributed by atoms with van der Waals surface area (Å²) >= 11 is 0. The van der Waals surface area contributed by atoms with Crippen molar-refractivity contribution in [3.8, 4) is 5.69 Å². The van der Waals surface area contributed by atoms with Gasteiger partial charge >= 0.3 is 0 Å². The fraction of sp³-hybridized carbons (Fsp3) is 0.0417. The number of carbonyl (C=O) groups is 1. The van der Waals surface area contributed by atoms with E-state index in [0.29, 0.717) is 12.1 Å². The number of aromatic nitrogens is 3. The first kappa shape index (κ1) is 17.1. The van der Waals surface area contributed by atoms with E-state index in [0.717, 1.165) is 33.2 Å². The Balaban J connectivity index is 1.64. The molecule has 0 spiro atoms. The summed E-state index contributed by atoms with van der Waals surface area (Å²) in [6.07, 6.45) is 3.45. The molecule has 0 aliphatic rings. The third kappa shape index (κ3) is 3.12. The van der Waals surface area contributed by atoms with Crippen molar-refractivity contribution in [2.75, 3.05) is 0 Å². The Morgan fingerprint density at radius 2 is 1.69 bits per heavy atom. The van der Waals surface area contributed by atoms with E-state index in [4.69, 9.17) is 0 Å². The molecule has 3 aromatic carbocycles. The predicted molar refractivity (Wildman–Crippen MR) is 114 cm³/mol. The van der Waals surface area contributed by atoms with Gasteiger partial charge in [0.05, 0.1) is 11.3 Å². The lowest BCUT2D eigenvalue weighted by Crippen LogP contribution is -2.24. The van der Waals surface area contributed by atoms with Gasteiger partial charge < -0.3 is 5.32 Å². The van der Waals surface area contributed by atoms with Crippen molar-refractivity contribution in [2.45, 2.75) is 6.54 Å². The van der Waals surface area contributed by atoms with Crippen LogP contribution in [-0.2, 0) is 6.54 Å². The number of rotatable bonds is 4. The zero-order valence-electron chi connectivity index (χ0n) is 15.6. The lowest BCUT2D eigenvalue weighted by atomic mass is 10.0. The van der Waals surface area contributed by atoms with Gasteiger partial charge in [-0.3, -0.25) is 9.36 Å². The second kappa shape index (κ2) is 7.20. The Hall–Kier alpha value is -3.99. The molecular formula is C24H18N4O. The summed E-state index contributed by atoms with van der Waals surface area (Å²) in [6, 6.07) is 25.5. The molecule has 5 rings (SSSR count). The third-order valence-corrected chi connectivity index (χ3v) is 5.00. The zero-order valence-corrected chi connectivity index (χ0v) is 15.6. The van der Waals surface area contributed by atoms with Gasteiger partial charge in [0, 0.05) is 12.7 Å². The van der Waals surface area contributed by atoms with Crippen molar-refractivity contribution in [3.63, 3.8) is 0 Å². The van der Waals surface area contributed by atoms with Crippen molar-refractivity contribution in [3.05, 3.63) is 103 Å². The maximum Gasteiger partial charge on any atom is 0.254 e. The lowest BCUT2D eigenvalue weighted by Gasteiger charge is -2.14. The Morgan fingerprint density at radius 1 is 0.862 bits per heavy atom. The third-order valence-electron chi connectivity index (χ3n) is 5.00. The van der Waals surface area contributed by atoms with E-state index < -0.39 is 0 Å². The number of fused-ring (bicyclic) bond motifs is 2. The molecular weight excluding hydrogens is 360 g/mol. The van der Waals surface area contributed by atoms with Gasteiger partial charge in [0.15, 0.2) is 5.65 Å². The fourth-order valence-corrected chi connectivity index (χ4v) is 3.59. The molecule has 5 heteroatoms. The van der Waals surface area contributed by atoms with E-state index in [1.54, 1.807) is 12.5 Å². The highest BCUT2D eigenvalue weighted by molar-refractivity contribution is 6.10. The molecule has 1 amide bonds. The molecule has 0 bridgehead atoms. The van der Waals surface area contributed by atoms with Gasteiger partial charge in [-0.05, 0) is 34.5 Å². The van der Waals surface area contributed by atoms with E-state index in [9.17, 15) is 4.79 Å². The largest absolute Gasteiger partial charge is 0.348 e. The van der Waals surface area contributed by atoms with Crippen LogP contribution in [0.4, 0.5) is 0 Å². The first-order chi connectivity index (χ1) is 14.3.